The molecule has 1 aromatic carbocycles. The van der Waals surface area contributed by atoms with Gasteiger partial charge in [0.15, 0.2) is 11.5 Å². The van der Waals surface area contributed by atoms with E-state index in [1.807, 2.05) is 6.07 Å². The molecule has 2 aromatic rings. The minimum atomic E-state index is 0.199. The topological polar surface area (TPSA) is 30.5 Å². The minimum Gasteiger partial charge on any atom is -0.493 e. The summed E-state index contributed by atoms with van der Waals surface area (Å²) in [6.07, 6.45) is 1.11. The molecule has 0 amide bonds. The maximum absolute atomic E-state index is 5.45. The van der Waals surface area contributed by atoms with Gasteiger partial charge in [-0.25, -0.2) is 0 Å². The lowest BCUT2D eigenvalue weighted by atomic mass is 9.99. The highest BCUT2D eigenvalue weighted by molar-refractivity contribution is 7.10. The van der Waals surface area contributed by atoms with Crippen molar-refractivity contribution in [1.82, 2.24) is 5.32 Å². The first-order valence-corrected chi connectivity index (χ1v) is 8.08. The largest absolute Gasteiger partial charge is 0.493 e. The Labute approximate surface area is 130 Å². The fourth-order valence-electron chi connectivity index (χ4n) is 2.42. The van der Waals surface area contributed by atoms with Crippen LogP contribution in [0.2, 0.25) is 0 Å². The van der Waals surface area contributed by atoms with E-state index in [1.165, 1.54) is 16.0 Å². The van der Waals surface area contributed by atoms with Crippen LogP contribution in [0.4, 0.5) is 0 Å². The van der Waals surface area contributed by atoms with Crippen LogP contribution in [0.25, 0.3) is 0 Å². The number of methoxy groups -OCH3 is 2. The molecular weight excluding hydrogens is 282 g/mol. The predicted octanol–water partition coefficient (Wildman–Crippen LogP) is 4.16. The first kappa shape index (κ1) is 15.9. The van der Waals surface area contributed by atoms with Crippen molar-refractivity contribution < 1.29 is 9.47 Å². The van der Waals surface area contributed by atoms with Gasteiger partial charge in [-0.2, -0.15) is 0 Å². The number of thiophene rings is 1. The molecule has 114 valence electrons. The number of hydrogen-bond donors (Lipinski definition) is 1. The van der Waals surface area contributed by atoms with Gasteiger partial charge in [0.25, 0.3) is 0 Å². The van der Waals surface area contributed by atoms with E-state index in [9.17, 15) is 0 Å². The molecule has 4 heteroatoms. The van der Waals surface area contributed by atoms with Crippen molar-refractivity contribution in [2.24, 2.45) is 0 Å². The zero-order valence-corrected chi connectivity index (χ0v) is 13.9. The van der Waals surface area contributed by atoms with Crippen molar-refractivity contribution in [3.63, 3.8) is 0 Å². The Bertz CT molecular complexity index is 566. The fraction of sp³-hybridized carbons (Fsp3) is 0.412. The van der Waals surface area contributed by atoms with Gasteiger partial charge in [0.05, 0.1) is 20.3 Å². The van der Waals surface area contributed by atoms with Gasteiger partial charge >= 0.3 is 0 Å². The van der Waals surface area contributed by atoms with Gasteiger partial charge in [0, 0.05) is 4.88 Å². The number of rotatable bonds is 7. The average molecular weight is 305 g/mol. The van der Waals surface area contributed by atoms with Crippen molar-refractivity contribution >= 4 is 11.3 Å². The van der Waals surface area contributed by atoms with Crippen LogP contribution in [0.1, 0.15) is 35.4 Å². The van der Waals surface area contributed by atoms with Crippen LogP contribution in [0.3, 0.4) is 0 Å². The van der Waals surface area contributed by atoms with E-state index in [0.29, 0.717) is 0 Å². The molecule has 1 unspecified atom stereocenters. The molecule has 0 radical (unpaired) electrons. The van der Waals surface area contributed by atoms with Gasteiger partial charge in [-0.3, -0.25) is 0 Å². The molecule has 0 aliphatic rings. The second-order valence-corrected chi connectivity index (χ2v) is 5.95. The van der Waals surface area contributed by atoms with E-state index >= 15 is 0 Å². The molecule has 0 bridgehead atoms. The van der Waals surface area contributed by atoms with Crippen molar-refractivity contribution in [2.75, 3.05) is 20.8 Å². The van der Waals surface area contributed by atoms with Gasteiger partial charge < -0.3 is 14.8 Å². The fourth-order valence-corrected chi connectivity index (χ4v) is 3.23. The van der Waals surface area contributed by atoms with Crippen LogP contribution in [0, 0.1) is 6.92 Å². The Kier molecular flexibility index (Phi) is 5.65. The van der Waals surface area contributed by atoms with E-state index in [2.05, 4.69) is 42.7 Å². The number of hydrogen-bond acceptors (Lipinski definition) is 4. The zero-order valence-electron chi connectivity index (χ0n) is 13.1. The van der Waals surface area contributed by atoms with E-state index in [1.54, 1.807) is 25.6 Å². The van der Waals surface area contributed by atoms with E-state index < -0.39 is 0 Å². The van der Waals surface area contributed by atoms with Gasteiger partial charge in [-0.15, -0.1) is 11.3 Å². The molecule has 0 saturated heterocycles. The molecule has 0 spiro atoms. The van der Waals surface area contributed by atoms with Crippen molar-refractivity contribution in [3.05, 3.63) is 45.6 Å². The van der Waals surface area contributed by atoms with Crippen molar-refractivity contribution in [1.29, 1.82) is 0 Å². The molecule has 21 heavy (non-hydrogen) atoms. The Morgan fingerprint density at radius 1 is 1.19 bits per heavy atom. The maximum Gasteiger partial charge on any atom is 0.161 e. The third-order valence-electron chi connectivity index (χ3n) is 3.51. The highest BCUT2D eigenvalue weighted by Gasteiger charge is 2.19. The van der Waals surface area contributed by atoms with Crippen LogP contribution in [-0.4, -0.2) is 20.8 Å². The smallest absolute Gasteiger partial charge is 0.161 e. The lowest BCUT2D eigenvalue weighted by molar-refractivity contribution is 0.354. The third kappa shape index (κ3) is 3.57. The van der Waals surface area contributed by atoms with Crippen LogP contribution < -0.4 is 14.8 Å². The van der Waals surface area contributed by atoms with Crippen LogP contribution in [-0.2, 0) is 0 Å². The summed E-state index contributed by atoms with van der Waals surface area (Å²) in [5, 5.41) is 5.75. The lowest BCUT2D eigenvalue weighted by Crippen LogP contribution is -2.23. The number of benzene rings is 1. The summed E-state index contributed by atoms with van der Waals surface area (Å²) in [5.74, 6) is 1.55. The van der Waals surface area contributed by atoms with Crippen LogP contribution in [0.15, 0.2) is 29.6 Å². The molecule has 0 aliphatic heterocycles. The van der Waals surface area contributed by atoms with Gasteiger partial charge in [0.2, 0.25) is 0 Å². The average Bonchev–Trinajstić information content (AvgIpc) is 3.02. The molecular formula is C17H23NO2S. The Morgan fingerprint density at radius 2 is 1.90 bits per heavy atom. The molecule has 1 heterocycles. The maximum atomic E-state index is 5.45. The van der Waals surface area contributed by atoms with E-state index in [-0.39, 0.29) is 6.04 Å². The summed E-state index contributed by atoms with van der Waals surface area (Å²) < 4.78 is 10.8. The van der Waals surface area contributed by atoms with Crippen molar-refractivity contribution in [3.8, 4) is 11.5 Å². The highest BCUT2D eigenvalue weighted by Crippen LogP contribution is 2.36. The third-order valence-corrected chi connectivity index (χ3v) is 4.45. The van der Waals surface area contributed by atoms with E-state index in [0.717, 1.165) is 24.5 Å². The second-order valence-electron chi connectivity index (χ2n) is 4.97. The molecule has 1 atom stereocenters. The monoisotopic (exact) mass is 305 g/mol. The Hall–Kier alpha value is -1.52. The molecule has 1 aromatic heterocycles. The summed E-state index contributed by atoms with van der Waals surface area (Å²) in [6.45, 7) is 5.28. The summed E-state index contributed by atoms with van der Waals surface area (Å²) in [7, 11) is 3.35. The number of nitrogens with one attached hydrogen (secondary N) is 1. The first-order valence-electron chi connectivity index (χ1n) is 7.20. The minimum absolute atomic E-state index is 0.199. The molecule has 0 aliphatic carbocycles. The molecule has 1 N–H and O–H groups in total. The summed E-state index contributed by atoms with van der Waals surface area (Å²) >= 11 is 1.77. The normalized spacial score (nSPS) is 12.2. The number of ether oxygens (including phenoxy) is 2. The van der Waals surface area contributed by atoms with Crippen LogP contribution >= 0.6 is 11.3 Å². The summed E-state index contributed by atoms with van der Waals surface area (Å²) in [4.78, 5) is 1.32. The molecule has 2 rings (SSSR count). The van der Waals surface area contributed by atoms with Gasteiger partial charge in [0.1, 0.15) is 0 Å². The first-order chi connectivity index (χ1) is 10.2. The summed E-state index contributed by atoms with van der Waals surface area (Å²) in [6, 6.07) is 8.60. The zero-order chi connectivity index (χ0) is 15.2. The second kappa shape index (κ2) is 7.48. The molecule has 3 nitrogen and oxygen atoms in total. The molecule has 0 fully saturated rings. The van der Waals surface area contributed by atoms with Crippen LogP contribution in [0.5, 0.6) is 11.5 Å². The molecule has 0 saturated carbocycles. The number of aryl methyl sites for hydroxylation is 1. The van der Waals surface area contributed by atoms with Gasteiger partial charge in [-0.1, -0.05) is 13.0 Å². The lowest BCUT2D eigenvalue weighted by Gasteiger charge is -2.21. The Balaban J connectivity index is 2.44. The Morgan fingerprint density at radius 3 is 2.48 bits per heavy atom. The predicted molar refractivity (Wildman–Crippen MR) is 88.7 cm³/mol. The summed E-state index contributed by atoms with van der Waals surface area (Å²) in [5.41, 5.74) is 2.44. The highest BCUT2D eigenvalue weighted by atomic mass is 32.1. The SMILES string of the molecule is CCCNC(c1cccs1)c1cc(OC)c(OC)cc1C. The standard InChI is InChI=1S/C17H23NO2S/c1-5-8-18-17(16-7-6-9-21-16)13-11-15(20-4)14(19-3)10-12(13)2/h6-7,9-11,17-18H,5,8H2,1-4H3. The van der Waals surface area contributed by atoms with E-state index in [4.69, 9.17) is 9.47 Å². The van der Waals surface area contributed by atoms with Crippen molar-refractivity contribution in [2.45, 2.75) is 26.3 Å². The quantitative estimate of drug-likeness (QED) is 0.833. The van der Waals surface area contributed by atoms with Gasteiger partial charge in [-0.05, 0) is 54.6 Å².